The maximum Gasteiger partial charge on any atom is 0.326 e. The topological polar surface area (TPSA) is 95.5 Å². The molecule has 1 unspecified atom stereocenters. The maximum atomic E-state index is 13.4. The van der Waals surface area contributed by atoms with Crippen LogP contribution in [0.2, 0.25) is 0 Å². The molecule has 8 nitrogen and oxygen atoms in total. The molecule has 1 atom stereocenters. The third-order valence-corrected chi connectivity index (χ3v) is 8.53. The van der Waals surface area contributed by atoms with Gasteiger partial charge in [0.2, 0.25) is 5.91 Å². The van der Waals surface area contributed by atoms with Gasteiger partial charge in [0.1, 0.15) is 0 Å². The Morgan fingerprint density at radius 3 is 2.39 bits per heavy atom. The van der Waals surface area contributed by atoms with Crippen LogP contribution in [-0.4, -0.2) is 66.0 Å². The van der Waals surface area contributed by atoms with Crippen molar-refractivity contribution in [3.63, 3.8) is 0 Å². The summed E-state index contributed by atoms with van der Waals surface area (Å²) in [5, 5.41) is 0. The van der Waals surface area contributed by atoms with Gasteiger partial charge in [0.05, 0.1) is 35.1 Å². The van der Waals surface area contributed by atoms with Crippen LogP contribution in [0.15, 0.2) is 59.4 Å². The smallest absolute Gasteiger partial charge is 0.307 e. The number of hydrogen-bond donors (Lipinski definition) is 1. The van der Waals surface area contributed by atoms with Gasteiger partial charge in [0, 0.05) is 24.8 Å². The summed E-state index contributed by atoms with van der Waals surface area (Å²) in [6.07, 6.45) is 2.02. The van der Waals surface area contributed by atoms with Crippen LogP contribution in [0.3, 0.4) is 0 Å². The molecule has 0 bridgehead atoms. The number of piperidine rings is 1. The highest BCUT2D eigenvalue weighted by atomic mass is 32.2. The number of likely N-dealkylation sites (tertiary alicyclic amines) is 1. The van der Waals surface area contributed by atoms with Crippen molar-refractivity contribution < 1.29 is 13.2 Å². The van der Waals surface area contributed by atoms with E-state index in [4.69, 9.17) is 0 Å². The Labute approximate surface area is 192 Å². The molecule has 0 radical (unpaired) electrons. The number of imidazole rings is 1. The number of aromatic amines is 1. The van der Waals surface area contributed by atoms with Gasteiger partial charge in [-0.2, -0.15) is 0 Å². The lowest BCUT2D eigenvalue weighted by Crippen LogP contribution is -2.48. The Balaban J connectivity index is 1.28. The van der Waals surface area contributed by atoms with E-state index in [2.05, 4.69) is 9.88 Å². The molecule has 3 heterocycles. The second kappa shape index (κ2) is 8.79. The van der Waals surface area contributed by atoms with E-state index in [9.17, 15) is 18.0 Å². The Morgan fingerprint density at radius 1 is 1.00 bits per heavy atom. The van der Waals surface area contributed by atoms with Crippen LogP contribution in [0.5, 0.6) is 0 Å². The van der Waals surface area contributed by atoms with Gasteiger partial charge in [-0.15, -0.1) is 0 Å². The van der Waals surface area contributed by atoms with Crippen molar-refractivity contribution in [2.75, 3.05) is 36.0 Å². The standard InChI is InChI=1S/C24H28N4O4S/c29-23(27(18-6-2-1-3-7-18)20-12-15-33(31,32)17-20)16-26-13-10-19(11-14-26)28-22-9-5-4-8-21(22)25-24(28)30/h1-9,19-20H,10-17H2,(H,25,30). The second-order valence-electron chi connectivity index (χ2n) is 8.98. The molecule has 3 aromatic rings. The number of benzene rings is 2. The number of anilines is 1. The Bertz CT molecular complexity index is 1310. The van der Waals surface area contributed by atoms with E-state index < -0.39 is 9.84 Å². The molecular weight excluding hydrogens is 440 g/mol. The summed E-state index contributed by atoms with van der Waals surface area (Å²) in [6.45, 7) is 1.64. The normalized spacial score (nSPS) is 21.4. The van der Waals surface area contributed by atoms with Gasteiger partial charge in [0.15, 0.2) is 9.84 Å². The second-order valence-corrected chi connectivity index (χ2v) is 11.2. The summed E-state index contributed by atoms with van der Waals surface area (Å²) in [5.41, 5.74) is 2.40. The minimum Gasteiger partial charge on any atom is -0.307 e. The zero-order valence-corrected chi connectivity index (χ0v) is 19.2. The van der Waals surface area contributed by atoms with Crippen molar-refractivity contribution in [3.05, 3.63) is 65.1 Å². The van der Waals surface area contributed by atoms with Gasteiger partial charge in [-0.3, -0.25) is 14.3 Å². The highest BCUT2D eigenvalue weighted by molar-refractivity contribution is 7.91. The number of sulfone groups is 1. The highest BCUT2D eigenvalue weighted by Crippen LogP contribution is 2.27. The number of fused-ring (bicyclic) bond motifs is 1. The van der Waals surface area contributed by atoms with Crippen LogP contribution in [0.1, 0.15) is 25.3 Å². The molecule has 0 saturated carbocycles. The SMILES string of the molecule is O=C(CN1CCC(n2c(=O)[nH]c3ccccc32)CC1)N(c1ccccc1)C1CCS(=O)(=O)C1. The van der Waals surface area contributed by atoms with Crippen LogP contribution < -0.4 is 10.6 Å². The molecule has 2 aromatic carbocycles. The summed E-state index contributed by atoms with van der Waals surface area (Å²) >= 11 is 0. The van der Waals surface area contributed by atoms with E-state index >= 15 is 0 Å². The number of carbonyl (C=O) groups excluding carboxylic acids is 1. The van der Waals surface area contributed by atoms with E-state index in [1.165, 1.54) is 0 Å². The lowest BCUT2D eigenvalue weighted by molar-refractivity contribution is -0.120. The monoisotopic (exact) mass is 468 g/mol. The van der Waals surface area contributed by atoms with Gasteiger partial charge in [0.25, 0.3) is 0 Å². The van der Waals surface area contributed by atoms with Gasteiger partial charge in [-0.25, -0.2) is 13.2 Å². The first-order valence-corrected chi connectivity index (χ1v) is 13.2. The highest BCUT2D eigenvalue weighted by Gasteiger charge is 2.36. The number of amides is 1. The van der Waals surface area contributed by atoms with Gasteiger partial charge in [-0.05, 0) is 43.5 Å². The number of para-hydroxylation sites is 3. The van der Waals surface area contributed by atoms with E-state index in [1.807, 2.05) is 59.2 Å². The summed E-state index contributed by atoms with van der Waals surface area (Å²) < 4.78 is 26.0. The third-order valence-electron chi connectivity index (χ3n) is 6.78. The Kier molecular flexibility index (Phi) is 5.84. The first-order valence-electron chi connectivity index (χ1n) is 11.4. The van der Waals surface area contributed by atoms with Crippen molar-refractivity contribution in [2.24, 2.45) is 0 Å². The molecular formula is C24H28N4O4S. The van der Waals surface area contributed by atoms with Crippen molar-refractivity contribution in [1.29, 1.82) is 0 Å². The maximum absolute atomic E-state index is 13.4. The first-order chi connectivity index (χ1) is 15.9. The lowest BCUT2D eigenvalue weighted by atomic mass is 10.0. The number of carbonyl (C=O) groups is 1. The molecule has 1 aromatic heterocycles. The fourth-order valence-electron chi connectivity index (χ4n) is 5.17. The van der Waals surface area contributed by atoms with Crippen LogP contribution in [0.4, 0.5) is 5.69 Å². The molecule has 174 valence electrons. The molecule has 2 fully saturated rings. The number of hydrogen-bond acceptors (Lipinski definition) is 5. The average Bonchev–Trinajstić information content (AvgIpc) is 3.33. The van der Waals surface area contributed by atoms with Gasteiger partial charge in [-0.1, -0.05) is 30.3 Å². The summed E-state index contributed by atoms with van der Waals surface area (Å²) in [5.74, 6) is 0.0594. The molecule has 2 aliphatic heterocycles. The summed E-state index contributed by atoms with van der Waals surface area (Å²) in [6, 6.07) is 16.8. The average molecular weight is 469 g/mol. The fraction of sp³-hybridized carbons (Fsp3) is 0.417. The minimum absolute atomic E-state index is 0.0131. The predicted octanol–water partition coefficient (Wildman–Crippen LogP) is 2.19. The molecule has 9 heteroatoms. The molecule has 2 aliphatic rings. The molecule has 1 N–H and O–H groups in total. The number of H-pyrrole nitrogens is 1. The largest absolute Gasteiger partial charge is 0.326 e. The zero-order valence-electron chi connectivity index (χ0n) is 18.4. The summed E-state index contributed by atoms with van der Waals surface area (Å²) in [4.78, 5) is 32.6. The van der Waals surface area contributed by atoms with E-state index in [1.54, 1.807) is 4.90 Å². The van der Waals surface area contributed by atoms with Crippen LogP contribution in [0.25, 0.3) is 11.0 Å². The Hall–Kier alpha value is -2.91. The number of rotatable bonds is 5. The van der Waals surface area contributed by atoms with Crippen molar-refractivity contribution in [1.82, 2.24) is 14.5 Å². The molecule has 0 spiro atoms. The van der Waals surface area contributed by atoms with E-state index in [0.29, 0.717) is 19.5 Å². The van der Waals surface area contributed by atoms with Crippen molar-refractivity contribution in [3.8, 4) is 0 Å². The minimum atomic E-state index is -3.11. The van der Waals surface area contributed by atoms with Crippen molar-refractivity contribution >= 4 is 32.5 Å². The van der Waals surface area contributed by atoms with Crippen LogP contribution in [0, 0.1) is 0 Å². The quantitative estimate of drug-likeness (QED) is 0.619. The fourth-order valence-corrected chi connectivity index (χ4v) is 6.87. The molecule has 2 saturated heterocycles. The third kappa shape index (κ3) is 4.47. The number of nitrogens with zero attached hydrogens (tertiary/aromatic N) is 3. The van der Waals surface area contributed by atoms with Crippen LogP contribution in [-0.2, 0) is 14.6 Å². The number of aromatic nitrogens is 2. The van der Waals surface area contributed by atoms with Crippen molar-refractivity contribution in [2.45, 2.75) is 31.3 Å². The molecule has 33 heavy (non-hydrogen) atoms. The van der Waals surface area contributed by atoms with Gasteiger partial charge >= 0.3 is 5.69 Å². The van der Waals surface area contributed by atoms with E-state index in [0.717, 1.165) is 29.6 Å². The Morgan fingerprint density at radius 2 is 1.70 bits per heavy atom. The molecule has 0 aliphatic carbocycles. The molecule has 1 amide bonds. The number of nitrogens with one attached hydrogen (secondary N) is 1. The molecule has 5 rings (SSSR count). The van der Waals surface area contributed by atoms with Gasteiger partial charge < -0.3 is 9.88 Å². The lowest BCUT2D eigenvalue weighted by Gasteiger charge is -2.35. The predicted molar refractivity (Wildman–Crippen MR) is 128 cm³/mol. The summed E-state index contributed by atoms with van der Waals surface area (Å²) in [7, 11) is -3.11. The van der Waals surface area contributed by atoms with Crippen LogP contribution >= 0.6 is 0 Å². The first kappa shape index (κ1) is 21.9. The van der Waals surface area contributed by atoms with E-state index in [-0.39, 0.29) is 41.7 Å². The zero-order chi connectivity index (χ0) is 23.0.